The zero-order chi connectivity index (χ0) is 18.2. The number of nitrogens with zero attached hydrogens (tertiary/aromatic N) is 3. The summed E-state index contributed by atoms with van der Waals surface area (Å²) in [4.78, 5) is 13.6. The number of aromatic nitrogens is 2. The van der Waals surface area contributed by atoms with Crippen LogP contribution in [0, 0.1) is 6.92 Å². The van der Waals surface area contributed by atoms with Crippen LogP contribution in [0.5, 0.6) is 0 Å². The first-order valence-electron chi connectivity index (χ1n) is 8.67. The van der Waals surface area contributed by atoms with Gasteiger partial charge in [-0.15, -0.1) is 11.3 Å². The lowest BCUT2D eigenvalue weighted by molar-refractivity contribution is 0.572. The lowest BCUT2D eigenvalue weighted by Gasteiger charge is -2.10. The maximum absolute atomic E-state index is 5.56. The van der Waals surface area contributed by atoms with E-state index in [0.29, 0.717) is 12.4 Å². The van der Waals surface area contributed by atoms with E-state index in [1.807, 2.05) is 44.2 Å². The molecular formula is C19H23N5OS. The minimum atomic E-state index is 0.460. The molecule has 3 aromatic rings. The molecule has 0 aliphatic rings. The van der Waals surface area contributed by atoms with Crippen LogP contribution in [0.4, 0.5) is 0 Å². The van der Waals surface area contributed by atoms with Gasteiger partial charge in [0.15, 0.2) is 5.96 Å². The van der Waals surface area contributed by atoms with Crippen molar-refractivity contribution >= 4 is 17.3 Å². The van der Waals surface area contributed by atoms with Gasteiger partial charge in [-0.2, -0.15) is 0 Å². The summed E-state index contributed by atoms with van der Waals surface area (Å²) in [7, 11) is 0. The van der Waals surface area contributed by atoms with Crippen molar-refractivity contribution in [1.82, 2.24) is 20.6 Å². The van der Waals surface area contributed by atoms with E-state index in [1.54, 1.807) is 17.6 Å². The Labute approximate surface area is 157 Å². The SMILES string of the molecule is CCNC(=NCc1coc(-c2ccccc2)n1)NCCc1csc(C)n1. The van der Waals surface area contributed by atoms with Crippen molar-refractivity contribution in [2.75, 3.05) is 13.1 Å². The van der Waals surface area contributed by atoms with Crippen molar-refractivity contribution in [3.05, 3.63) is 58.4 Å². The van der Waals surface area contributed by atoms with Crippen LogP contribution in [0.1, 0.15) is 23.3 Å². The number of oxazole rings is 1. The quantitative estimate of drug-likeness (QED) is 0.493. The van der Waals surface area contributed by atoms with Gasteiger partial charge in [-0.3, -0.25) is 0 Å². The van der Waals surface area contributed by atoms with Crippen molar-refractivity contribution in [2.24, 2.45) is 4.99 Å². The Kier molecular flexibility index (Phi) is 6.38. The molecule has 1 aromatic carbocycles. The van der Waals surface area contributed by atoms with Gasteiger partial charge in [0.1, 0.15) is 12.0 Å². The Morgan fingerprint density at radius 1 is 1.15 bits per heavy atom. The van der Waals surface area contributed by atoms with Crippen molar-refractivity contribution in [1.29, 1.82) is 0 Å². The topological polar surface area (TPSA) is 75.3 Å². The monoisotopic (exact) mass is 369 g/mol. The lowest BCUT2D eigenvalue weighted by atomic mass is 10.2. The molecule has 0 aliphatic carbocycles. The second kappa shape index (κ2) is 9.15. The van der Waals surface area contributed by atoms with Crippen LogP contribution >= 0.6 is 11.3 Å². The van der Waals surface area contributed by atoms with Crippen molar-refractivity contribution in [2.45, 2.75) is 26.8 Å². The zero-order valence-corrected chi connectivity index (χ0v) is 15.8. The third-order valence-corrected chi connectivity index (χ3v) is 4.48. The first kappa shape index (κ1) is 18.1. The van der Waals surface area contributed by atoms with Crippen LogP contribution in [0.2, 0.25) is 0 Å². The number of rotatable bonds is 7. The molecule has 2 heterocycles. The van der Waals surface area contributed by atoms with Crippen LogP contribution in [0.25, 0.3) is 11.5 Å². The van der Waals surface area contributed by atoms with Crippen LogP contribution in [0.15, 0.2) is 51.4 Å². The molecule has 0 radical (unpaired) electrons. The minimum absolute atomic E-state index is 0.460. The van der Waals surface area contributed by atoms with Crippen molar-refractivity contribution in [3.63, 3.8) is 0 Å². The fourth-order valence-corrected chi connectivity index (χ4v) is 3.07. The highest BCUT2D eigenvalue weighted by Crippen LogP contribution is 2.18. The fraction of sp³-hybridized carbons (Fsp3) is 0.316. The normalized spacial score (nSPS) is 11.5. The molecule has 2 N–H and O–H groups in total. The van der Waals surface area contributed by atoms with Gasteiger partial charge < -0.3 is 15.1 Å². The van der Waals surface area contributed by atoms with E-state index in [1.165, 1.54) is 0 Å². The zero-order valence-electron chi connectivity index (χ0n) is 15.0. The maximum atomic E-state index is 5.56. The predicted molar refractivity (Wildman–Crippen MR) is 105 cm³/mol. The second-order valence-electron chi connectivity index (χ2n) is 5.74. The molecule has 0 spiro atoms. The molecule has 136 valence electrons. The molecule has 0 atom stereocenters. The molecule has 26 heavy (non-hydrogen) atoms. The summed E-state index contributed by atoms with van der Waals surface area (Å²) in [5.41, 5.74) is 2.88. The highest BCUT2D eigenvalue weighted by atomic mass is 32.1. The summed E-state index contributed by atoms with van der Waals surface area (Å²) in [5, 5.41) is 9.77. The van der Waals surface area contributed by atoms with Gasteiger partial charge in [0, 0.05) is 30.5 Å². The molecular weight excluding hydrogens is 346 g/mol. The third-order valence-electron chi connectivity index (χ3n) is 3.66. The van der Waals surface area contributed by atoms with E-state index in [2.05, 4.69) is 31.0 Å². The molecule has 7 heteroatoms. The number of hydrogen-bond acceptors (Lipinski definition) is 5. The summed E-state index contributed by atoms with van der Waals surface area (Å²) >= 11 is 1.68. The highest BCUT2D eigenvalue weighted by Gasteiger charge is 2.06. The van der Waals surface area contributed by atoms with E-state index < -0.39 is 0 Å². The number of hydrogen-bond donors (Lipinski definition) is 2. The van der Waals surface area contributed by atoms with Crippen molar-refractivity contribution < 1.29 is 4.42 Å². The number of nitrogens with one attached hydrogen (secondary N) is 2. The van der Waals surface area contributed by atoms with Gasteiger partial charge in [-0.1, -0.05) is 18.2 Å². The smallest absolute Gasteiger partial charge is 0.226 e. The fourth-order valence-electron chi connectivity index (χ4n) is 2.43. The molecule has 0 saturated heterocycles. The summed E-state index contributed by atoms with van der Waals surface area (Å²) in [6.45, 7) is 6.11. The Morgan fingerprint density at radius 2 is 2.00 bits per heavy atom. The summed E-state index contributed by atoms with van der Waals surface area (Å²) in [6.07, 6.45) is 2.53. The molecule has 3 rings (SSSR count). The minimum Gasteiger partial charge on any atom is -0.444 e. The number of aliphatic imine (C=N–C) groups is 1. The van der Waals surface area contributed by atoms with Gasteiger partial charge >= 0.3 is 0 Å². The summed E-state index contributed by atoms with van der Waals surface area (Å²) in [5.74, 6) is 1.39. The number of aryl methyl sites for hydroxylation is 1. The van der Waals surface area contributed by atoms with Gasteiger partial charge in [0.25, 0.3) is 0 Å². The molecule has 0 amide bonds. The average molecular weight is 369 g/mol. The van der Waals surface area contributed by atoms with Crippen LogP contribution in [0.3, 0.4) is 0 Å². The van der Waals surface area contributed by atoms with Crippen LogP contribution in [-0.4, -0.2) is 29.0 Å². The summed E-state index contributed by atoms with van der Waals surface area (Å²) in [6, 6.07) is 9.86. The molecule has 0 unspecified atom stereocenters. The van der Waals surface area contributed by atoms with Gasteiger partial charge in [0.05, 0.1) is 17.2 Å². The Morgan fingerprint density at radius 3 is 2.73 bits per heavy atom. The van der Waals surface area contributed by atoms with Gasteiger partial charge in [-0.05, 0) is 26.0 Å². The standard InChI is InChI=1S/C19H23N5OS/c1-3-20-19(21-10-9-16-13-26-14(2)23-16)22-11-17-12-25-18(24-17)15-7-5-4-6-8-15/h4-8,12-13H,3,9-11H2,1-2H3,(H2,20,21,22). The third kappa shape index (κ3) is 5.16. The highest BCUT2D eigenvalue weighted by molar-refractivity contribution is 7.09. The van der Waals surface area contributed by atoms with Crippen molar-refractivity contribution in [3.8, 4) is 11.5 Å². The number of thiazole rings is 1. The van der Waals surface area contributed by atoms with Gasteiger partial charge in [-0.25, -0.2) is 15.0 Å². The summed E-state index contributed by atoms with van der Waals surface area (Å²) < 4.78 is 5.56. The molecule has 6 nitrogen and oxygen atoms in total. The molecule has 2 aromatic heterocycles. The van der Waals surface area contributed by atoms with E-state index >= 15 is 0 Å². The Balaban J connectivity index is 1.56. The second-order valence-corrected chi connectivity index (χ2v) is 6.80. The first-order valence-corrected chi connectivity index (χ1v) is 9.55. The van der Waals surface area contributed by atoms with Crippen LogP contribution in [-0.2, 0) is 13.0 Å². The average Bonchev–Trinajstić information content (AvgIpc) is 3.29. The van der Waals surface area contributed by atoms with E-state index in [0.717, 1.165) is 47.4 Å². The Bertz CT molecular complexity index is 841. The number of guanidine groups is 1. The molecule has 0 bridgehead atoms. The first-order chi connectivity index (χ1) is 12.7. The van der Waals surface area contributed by atoms with E-state index in [-0.39, 0.29) is 0 Å². The van der Waals surface area contributed by atoms with Crippen LogP contribution < -0.4 is 10.6 Å². The molecule has 0 saturated carbocycles. The molecule has 0 fully saturated rings. The van der Waals surface area contributed by atoms with Gasteiger partial charge in [0.2, 0.25) is 5.89 Å². The lowest BCUT2D eigenvalue weighted by Crippen LogP contribution is -2.38. The van der Waals surface area contributed by atoms with E-state index in [4.69, 9.17) is 4.42 Å². The number of benzene rings is 1. The predicted octanol–water partition coefficient (Wildman–Crippen LogP) is 3.40. The Hall–Kier alpha value is -2.67. The van der Waals surface area contributed by atoms with E-state index in [9.17, 15) is 0 Å². The largest absolute Gasteiger partial charge is 0.444 e. The molecule has 0 aliphatic heterocycles. The maximum Gasteiger partial charge on any atom is 0.226 e.